The van der Waals surface area contributed by atoms with E-state index in [0.717, 1.165) is 0 Å². The molecule has 0 aliphatic carbocycles. The van der Waals surface area contributed by atoms with Gasteiger partial charge in [0, 0.05) is 25.3 Å². The number of aromatic nitrogens is 4. The highest BCUT2D eigenvalue weighted by Crippen LogP contribution is 2.43. The fraction of sp³-hybridized carbons (Fsp3) is 0.462. The molecule has 0 aliphatic rings. The monoisotopic (exact) mass is 389 g/mol. The number of rotatable bonds is 8. The van der Waals surface area contributed by atoms with Crippen LogP contribution in [-0.4, -0.2) is 42.7 Å². The van der Waals surface area contributed by atoms with Crippen LogP contribution in [0.4, 0.5) is 5.82 Å². The van der Waals surface area contributed by atoms with E-state index in [9.17, 15) is 10.00 Å². The van der Waals surface area contributed by atoms with Gasteiger partial charge in [-0.1, -0.05) is 6.92 Å². The number of fused-ring (bicyclic) bond motifs is 1. The lowest BCUT2D eigenvalue weighted by Gasteiger charge is -2.24. The first-order valence-electron chi connectivity index (χ1n) is 7.32. The minimum Gasteiger partial charge on any atom is -0.468 e. The van der Waals surface area contributed by atoms with Gasteiger partial charge in [0.2, 0.25) is 6.23 Å². The summed E-state index contributed by atoms with van der Waals surface area (Å²) in [6.45, 7) is 0.0147. The summed E-state index contributed by atoms with van der Waals surface area (Å²) in [4.78, 5) is 21.8. The summed E-state index contributed by atoms with van der Waals surface area (Å²) in [6, 6.07) is 0. The Morgan fingerprint density at radius 3 is 2.80 bits per heavy atom. The maximum atomic E-state index is 10.1. The summed E-state index contributed by atoms with van der Waals surface area (Å²) in [7, 11) is 1.25. The van der Waals surface area contributed by atoms with Gasteiger partial charge in [0.15, 0.2) is 11.5 Å². The van der Waals surface area contributed by atoms with E-state index in [2.05, 4.69) is 15.0 Å². The smallest absolute Gasteiger partial charge is 0.377 e. The highest BCUT2D eigenvalue weighted by molar-refractivity contribution is 8.07. The van der Waals surface area contributed by atoms with Crippen molar-refractivity contribution in [1.29, 1.82) is 0 Å². The van der Waals surface area contributed by atoms with E-state index in [-0.39, 0.29) is 5.82 Å². The normalized spacial score (nSPS) is 17.1. The first-order chi connectivity index (χ1) is 11.8. The van der Waals surface area contributed by atoms with Gasteiger partial charge in [-0.25, -0.2) is 15.0 Å². The predicted octanol–water partition coefficient (Wildman–Crippen LogP) is 1.44. The topological polar surface area (TPSA) is 138 Å². The Balaban J connectivity index is 2.32. The van der Waals surface area contributed by atoms with E-state index in [1.807, 2.05) is 6.92 Å². The number of nitrogens with zero attached hydrogens (tertiary/aromatic N) is 4. The second-order valence-electron chi connectivity index (χ2n) is 5.03. The van der Waals surface area contributed by atoms with Gasteiger partial charge in [-0.2, -0.15) is 0 Å². The summed E-state index contributed by atoms with van der Waals surface area (Å²) in [5, 5.41) is 10.1. The molecule has 138 valence electrons. The van der Waals surface area contributed by atoms with E-state index in [1.54, 1.807) is 6.92 Å². The third kappa shape index (κ3) is 4.65. The van der Waals surface area contributed by atoms with Crippen molar-refractivity contribution >= 4 is 35.5 Å². The lowest BCUT2D eigenvalue weighted by atomic mass is 10.3. The summed E-state index contributed by atoms with van der Waals surface area (Å²) in [5.41, 5.74) is 6.59. The van der Waals surface area contributed by atoms with Crippen LogP contribution in [0, 0.1) is 0 Å². The van der Waals surface area contributed by atoms with Crippen LogP contribution in [0.15, 0.2) is 24.7 Å². The Hall–Kier alpha value is -1.78. The third-order valence-corrected chi connectivity index (χ3v) is 4.78. The van der Waals surface area contributed by atoms with Gasteiger partial charge in [0.25, 0.3) is 0 Å². The maximum Gasteiger partial charge on any atom is 0.377 e. The zero-order chi connectivity index (χ0) is 18.6. The number of nitrogen functional groups attached to an aromatic ring is 1. The molecule has 0 fully saturated rings. The molecule has 0 radical (unpaired) electrons. The molecule has 0 bridgehead atoms. The largest absolute Gasteiger partial charge is 0.468 e. The van der Waals surface area contributed by atoms with E-state index < -0.39 is 19.1 Å². The van der Waals surface area contributed by atoms with Crippen molar-refractivity contribution in [2.45, 2.75) is 32.6 Å². The summed E-state index contributed by atoms with van der Waals surface area (Å²) < 4.78 is 17.1. The molecule has 12 heteroatoms. The minimum absolute atomic E-state index is 0.226. The zero-order valence-electron chi connectivity index (χ0n) is 13.9. The third-order valence-electron chi connectivity index (χ3n) is 3.24. The SMILES string of the molecule is CC/C(=C\OP(O)(=S)OC)O[C@H]([C@H](C)O)n1cnc2c(N)ncnc21. The Labute approximate surface area is 149 Å². The number of allylic oxidation sites excluding steroid dienone is 1. The lowest BCUT2D eigenvalue weighted by Crippen LogP contribution is -2.24. The highest BCUT2D eigenvalue weighted by atomic mass is 32.5. The molecule has 2 heterocycles. The van der Waals surface area contributed by atoms with E-state index >= 15 is 0 Å². The molecule has 0 amide bonds. The van der Waals surface area contributed by atoms with Gasteiger partial charge in [0.05, 0.1) is 0 Å². The van der Waals surface area contributed by atoms with Crippen LogP contribution in [0.25, 0.3) is 11.2 Å². The van der Waals surface area contributed by atoms with Gasteiger partial charge in [-0.3, -0.25) is 4.57 Å². The minimum atomic E-state index is -3.36. The van der Waals surface area contributed by atoms with Crippen molar-refractivity contribution in [1.82, 2.24) is 19.5 Å². The highest BCUT2D eigenvalue weighted by Gasteiger charge is 2.24. The molecule has 1 unspecified atom stereocenters. The molecule has 0 saturated heterocycles. The van der Waals surface area contributed by atoms with Gasteiger partial charge >= 0.3 is 6.72 Å². The molecule has 0 aromatic carbocycles. The average molecular weight is 389 g/mol. The maximum absolute atomic E-state index is 10.1. The van der Waals surface area contributed by atoms with Crippen LogP contribution in [-0.2, 0) is 25.6 Å². The molecular weight excluding hydrogens is 369 g/mol. The lowest BCUT2D eigenvalue weighted by molar-refractivity contribution is -0.0433. The van der Waals surface area contributed by atoms with Gasteiger partial charge in [-0.05, 0) is 6.92 Å². The van der Waals surface area contributed by atoms with Crippen molar-refractivity contribution in [3.8, 4) is 0 Å². The van der Waals surface area contributed by atoms with Gasteiger partial charge < -0.3 is 29.5 Å². The number of aliphatic hydroxyl groups is 1. The number of imidazole rings is 1. The zero-order valence-corrected chi connectivity index (χ0v) is 15.6. The predicted molar refractivity (Wildman–Crippen MR) is 94.5 cm³/mol. The molecule has 2 aromatic heterocycles. The van der Waals surface area contributed by atoms with Crippen LogP contribution in [0.2, 0.25) is 0 Å². The van der Waals surface area contributed by atoms with Crippen LogP contribution >= 0.6 is 6.72 Å². The number of ether oxygens (including phenoxy) is 1. The van der Waals surface area contributed by atoms with Crippen molar-refractivity contribution in [2.75, 3.05) is 12.8 Å². The summed E-state index contributed by atoms with van der Waals surface area (Å²) in [6.07, 6.45) is 2.59. The molecule has 0 aliphatic heterocycles. The Morgan fingerprint density at radius 1 is 1.48 bits per heavy atom. The van der Waals surface area contributed by atoms with Crippen molar-refractivity contribution in [3.63, 3.8) is 0 Å². The Morgan fingerprint density at radius 2 is 2.20 bits per heavy atom. The van der Waals surface area contributed by atoms with Crippen LogP contribution < -0.4 is 5.73 Å². The number of aliphatic hydroxyl groups excluding tert-OH is 1. The standard InChI is InChI=1S/C13H20N5O5PS/c1-4-9(5-22-24(20,25)21-3)23-13(8(2)19)18-7-17-10-11(14)15-6-16-12(10)18/h5-8,13,19H,4H2,1-3H3,(H,20,25)(H2,14,15,16)/b9-5+/t8-,13+,24?/m0/s1. The average Bonchev–Trinajstić information content (AvgIpc) is 3.00. The molecule has 3 atom stereocenters. The van der Waals surface area contributed by atoms with Crippen LogP contribution in [0.3, 0.4) is 0 Å². The van der Waals surface area contributed by atoms with Gasteiger partial charge in [-0.15, -0.1) is 0 Å². The fourth-order valence-corrected chi connectivity index (χ4v) is 2.43. The number of anilines is 1. The first kappa shape index (κ1) is 19.5. The molecule has 2 rings (SSSR count). The van der Waals surface area contributed by atoms with Crippen LogP contribution in [0.1, 0.15) is 26.5 Å². The number of nitrogens with two attached hydrogens (primary N) is 1. The van der Waals surface area contributed by atoms with E-state index in [4.69, 9.17) is 31.3 Å². The molecule has 25 heavy (non-hydrogen) atoms. The molecule has 2 aromatic rings. The fourth-order valence-electron chi connectivity index (χ4n) is 1.96. The molecular formula is C13H20N5O5PS. The quantitative estimate of drug-likeness (QED) is 0.449. The second-order valence-corrected chi connectivity index (χ2v) is 7.92. The van der Waals surface area contributed by atoms with E-state index in [0.29, 0.717) is 23.3 Å². The van der Waals surface area contributed by atoms with E-state index in [1.165, 1.54) is 30.6 Å². The van der Waals surface area contributed by atoms with Crippen molar-refractivity contribution < 1.29 is 23.8 Å². The molecule has 0 saturated carbocycles. The summed E-state index contributed by atoms with van der Waals surface area (Å²) in [5.74, 6) is 0.568. The second kappa shape index (κ2) is 8.07. The molecule has 0 spiro atoms. The molecule has 10 nitrogen and oxygen atoms in total. The number of hydrogen-bond donors (Lipinski definition) is 3. The van der Waals surface area contributed by atoms with Crippen molar-refractivity contribution in [2.24, 2.45) is 0 Å². The first-order valence-corrected chi connectivity index (χ1v) is 9.91. The molecule has 4 N–H and O–H groups in total. The summed E-state index contributed by atoms with van der Waals surface area (Å²) >= 11 is 4.76. The van der Waals surface area contributed by atoms with Crippen molar-refractivity contribution in [3.05, 3.63) is 24.7 Å². The van der Waals surface area contributed by atoms with Gasteiger partial charge in [0.1, 0.15) is 36.3 Å². The number of hydrogen-bond acceptors (Lipinski definition) is 9. The van der Waals surface area contributed by atoms with Crippen LogP contribution in [0.5, 0.6) is 0 Å². The Kier molecular flexibility index (Phi) is 6.31. The Bertz CT molecular complexity index is 811.